The van der Waals surface area contributed by atoms with Crippen molar-refractivity contribution in [2.75, 3.05) is 0 Å². The fourth-order valence-electron chi connectivity index (χ4n) is 3.41. The van der Waals surface area contributed by atoms with E-state index in [1.165, 1.54) is 30.1 Å². The van der Waals surface area contributed by atoms with Crippen molar-refractivity contribution in [3.8, 4) is 5.69 Å². The van der Waals surface area contributed by atoms with Gasteiger partial charge in [-0.3, -0.25) is 0 Å². The van der Waals surface area contributed by atoms with Crippen molar-refractivity contribution in [2.45, 2.75) is 32.0 Å². The van der Waals surface area contributed by atoms with E-state index < -0.39 is 23.5 Å². The second-order valence-electron chi connectivity index (χ2n) is 7.53. The van der Waals surface area contributed by atoms with Gasteiger partial charge in [0, 0.05) is 18.5 Å². The Kier molecular flexibility index (Phi) is 5.38. The quantitative estimate of drug-likeness (QED) is 0.440. The molecule has 0 bridgehead atoms. The highest BCUT2D eigenvalue weighted by atomic mass is 19.4. The van der Waals surface area contributed by atoms with Crippen LogP contribution in [0, 0.1) is 12.8 Å². The molecule has 2 aromatic carbocycles. The van der Waals surface area contributed by atoms with Gasteiger partial charge in [-0.05, 0) is 59.5 Å². The highest BCUT2D eigenvalue weighted by molar-refractivity contribution is 5.79. The van der Waals surface area contributed by atoms with Crippen LogP contribution in [0.5, 0.6) is 0 Å². The van der Waals surface area contributed by atoms with Gasteiger partial charge >= 0.3 is 11.9 Å². The lowest BCUT2D eigenvalue weighted by Gasteiger charge is -2.20. The van der Waals surface area contributed by atoms with E-state index in [-0.39, 0.29) is 11.5 Å². The molecule has 0 aliphatic heterocycles. The van der Waals surface area contributed by atoms with Crippen molar-refractivity contribution in [1.82, 2.24) is 19.8 Å². The zero-order valence-electron chi connectivity index (χ0n) is 16.9. The van der Waals surface area contributed by atoms with Crippen LogP contribution in [0.4, 0.5) is 13.2 Å². The molecule has 0 N–H and O–H groups in total. The highest BCUT2D eigenvalue weighted by Gasteiger charge is 2.37. The van der Waals surface area contributed by atoms with Crippen LogP contribution in [0.2, 0.25) is 0 Å². The number of aryl methyl sites for hydroxylation is 2. The summed E-state index contributed by atoms with van der Waals surface area (Å²) < 4.78 is 41.1. The van der Waals surface area contributed by atoms with E-state index in [9.17, 15) is 18.0 Å². The minimum absolute atomic E-state index is 0.186. The molecule has 31 heavy (non-hydrogen) atoms. The monoisotopic (exact) mass is 431 g/mol. The lowest BCUT2D eigenvalue weighted by molar-refractivity contribution is -0.137. The standard InChI is InChI=1S/C21H20F3N5O2/c1-13-5-3-8-17(29-20(30)28(2)26-27-29)18(13)19(15-9-10-15)31-25-12-14-6-4-7-16(11-14)21(22,23)24/h3-8,11-12,15,19H,9-10H2,1-2H3. The molecular formula is C21H20F3N5O2. The normalized spacial score (nSPS) is 15.4. The van der Waals surface area contributed by atoms with E-state index in [2.05, 4.69) is 15.6 Å². The zero-order chi connectivity index (χ0) is 22.2. The van der Waals surface area contributed by atoms with Crippen molar-refractivity contribution in [3.05, 3.63) is 75.2 Å². The van der Waals surface area contributed by atoms with E-state index in [1.807, 2.05) is 19.1 Å². The molecule has 1 unspecified atom stereocenters. The van der Waals surface area contributed by atoms with Crippen molar-refractivity contribution in [3.63, 3.8) is 0 Å². The summed E-state index contributed by atoms with van der Waals surface area (Å²) in [5, 5.41) is 11.7. The maximum atomic E-state index is 12.9. The maximum absolute atomic E-state index is 12.9. The molecule has 162 valence electrons. The number of alkyl halides is 3. The first kappa shape index (κ1) is 20.8. The van der Waals surface area contributed by atoms with Gasteiger partial charge in [-0.1, -0.05) is 29.4 Å². The van der Waals surface area contributed by atoms with Gasteiger partial charge in [0.25, 0.3) is 0 Å². The number of nitrogens with zero attached hydrogens (tertiary/aromatic N) is 5. The summed E-state index contributed by atoms with van der Waals surface area (Å²) in [5.41, 5.74) is 1.33. The molecule has 0 spiro atoms. The Hall–Kier alpha value is -3.43. The molecule has 1 atom stereocenters. The highest BCUT2D eigenvalue weighted by Crippen LogP contribution is 2.45. The Balaban J connectivity index is 1.65. The predicted octanol–water partition coefficient (Wildman–Crippen LogP) is 3.80. The fourth-order valence-corrected chi connectivity index (χ4v) is 3.41. The maximum Gasteiger partial charge on any atom is 0.416 e. The summed E-state index contributed by atoms with van der Waals surface area (Å²) in [5.74, 6) is 0.186. The second-order valence-corrected chi connectivity index (χ2v) is 7.53. The van der Waals surface area contributed by atoms with Crippen LogP contribution in [0.3, 0.4) is 0 Å². The van der Waals surface area contributed by atoms with E-state index >= 15 is 0 Å². The first-order chi connectivity index (χ1) is 14.8. The molecule has 1 fully saturated rings. The van der Waals surface area contributed by atoms with Crippen LogP contribution in [0.25, 0.3) is 5.69 Å². The molecule has 0 amide bonds. The third kappa shape index (κ3) is 4.37. The number of hydrogen-bond acceptors (Lipinski definition) is 5. The van der Waals surface area contributed by atoms with Crippen molar-refractivity contribution < 1.29 is 18.0 Å². The number of rotatable bonds is 6. The molecule has 1 saturated carbocycles. The molecule has 0 radical (unpaired) electrons. The summed E-state index contributed by atoms with van der Waals surface area (Å²) in [4.78, 5) is 18.2. The van der Waals surface area contributed by atoms with Crippen LogP contribution in [-0.4, -0.2) is 26.0 Å². The number of benzene rings is 2. The smallest absolute Gasteiger partial charge is 0.387 e. The van der Waals surface area contributed by atoms with Crippen LogP contribution in [-0.2, 0) is 18.1 Å². The van der Waals surface area contributed by atoms with Gasteiger partial charge in [0.2, 0.25) is 0 Å². The summed E-state index contributed by atoms with van der Waals surface area (Å²) in [6.45, 7) is 1.90. The first-order valence-corrected chi connectivity index (χ1v) is 9.71. The molecule has 1 aliphatic rings. The Morgan fingerprint density at radius 1 is 1.19 bits per heavy atom. The fraction of sp³-hybridized carbons (Fsp3) is 0.333. The Morgan fingerprint density at radius 2 is 1.94 bits per heavy atom. The molecule has 1 heterocycles. The number of halogens is 3. The van der Waals surface area contributed by atoms with Gasteiger partial charge in [0.1, 0.15) is 0 Å². The number of oxime groups is 1. The van der Waals surface area contributed by atoms with E-state index in [1.54, 1.807) is 6.07 Å². The van der Waals surface area contributed by atoms with Gasteiger partial charge in [-0.15, -0.1) is 0 Å². The van der Waals surface area contributed by atoms with Crippen molar-refractivity contribution in [1.29, 1.82) is 0 Å². The minimum Gasteiger partial charge on any atom is -0.387 e. The van der Waals surface area contributed by atoms with Crippen LogP contribution < -0.4 is 5.69 Å². The molecule has 1 aliphatic carbocycles. The lowest BCUT2D eigenvalue weighted by atomic mass is 9.98. The van der Waals surface area contributed by atoms with Crippen LogP contribution in [0.1, 0.15) is 41.2 Å². The van der Waals surface area contributed by atoms with Gasteiger partial charge < -0.3 is 4.84 Å². The predicted molar refractivity (Wildman–Crippen MR) is 107 cm³/mol. The van der Waals surface area contributed by atoms with Crippen LogP contribution >= 0.6 is 0 Å². The molecular weight excluding hydrogens is 411 g/mol. The molecule has 0 saturated heterocycles. The average molecular weight is 431 g/mol. The molecule has 10 heteroatoms. The average Bonchev–Trinajstić information content (AvgIpc) is 3.51. The van der Waals surface area contributed by atoms with E-state index in [0.29, 0.717) is 5.69 Å². The Morgan fingerprint density at radius 3 is 2.58 bits per heavy atom. The third-order valence-corrected chi connectivity index (χ3v) is 5.18. The molecule has 3 aromatic rings. The van der Waals surface area contributed by atoms with Crippen molar-refractivity contribution in [2.24, 2.45) is 18.1 Å². The zero-order valence-corrected chi connectivity index (χ0v) is 16.9. The lowest BCUT2D eigenvalue weighted by Crippen LogP contribution is -2.24. The number of hydrogen-bond donors (Lipinski definition) is 0. The number of aromatic nitrogens is 4. The largest absolute Gasteiger partial charge is 0.416 e. The van der Waals surface area contributed by atoms with Gasteiger partial charge in [-0.25, -0.2) is 4.79 Å². The minimum atomic E-state index is -4.43. The number of tetrazole rings is 1. The summed E-state index contributed by atoms with van der Waals surface area (Å²) in [6.07, 6.45) is -1.79. The van der Waals surface area contributed by atoms with Crippen LogP contribution in [0.15, 0.2) is 52.4 Å². The van der Waals surface area contributed by atoms with Gasteiger partial charge in [0.05, 0.1) is 17.5 Å². The van der Waals surface area contributed by atoms with E-state index in [4.69, 9.17) is 4.84 Å². The Bertz CT molecular complexity index is 1180. The summed E-state index contributed by atoms with van der Waals surface area (Å²) >= 11 is 0. The molecule has 7 nitrogen and oxygen atoms in total. The summed E-state index contributed by atoms with van der Waals surface area (Å²) in [7, 11) is 1.51. The van der Waals surface area contributed by atoms with E-state index in [0.717, 1.165) is 40.8 Å². The SMILES string of the molecule is Cc1cccc(-n2nnn(C)c2=O)c1C(ON=Cc1cccc(C(F)(F)F)c1)C1CC1. The van der Waals surface area contributed by atoms with Crippen molar-refractivity contribution >= 4 is 6.21 Å². The third-order valence-electron chi connectivity index (χ3n) is 5.18. The molecule has 1 aromatic heterocycles. The molecule has 4 rings (SSSR count). The first-order valence-electron chi connectivity index (χ1n) is 9.71. The second kappa shape index (κ2) is 8.01. The van der Waals surface area contributed by atoms with Gasteiger partial charge in [0.15, 0.2) is 6.10 Å². The summed E-state index contributed by atoms with van der Waals surface area (Å²) in [6, 6.07) is 10.3. The Labute approximate surface area is 175 Å². The van der Waals surface area contributed by atoms with Gasteiger partial charge in [-0.2, -0.15) is 22.5 Å². The topological polar surface area (TPSA) is 74.3 Å².